The number of carbonyl (C=O) groups is 2. The summed E-state index contributed by atoms with van der Waals surface area (Å²) in [4.78, 5) is 25.6. The van der Waals surface area contributed by atoms with Crippen LogP contribution in [-0.4, -0.2) is 54.9 Å². The number of nitrogens with zero attached hydrogens (tertiary/aromatic N) is 2. The summed E-state index contributed by atoms with van der Waals surface area (Å²) in [7, 11) is 3.16. The molecule has 0 N–H and O–H groups in total. The zero-order valence-corrected chi connectivity index (χ0v) is 18.8. The van der Waals surface area contributed by atoms with Crippen molar-refractivity contribution in [1.29, 1.82) is 0 Å². The second-order valence-corrected chi connectivity index (χ2v) is 8.30. The molecular weight excluding hydrogens is 424 g/mol. The maximum Gasteiger partial charge on any atom is 0.315 e. The van der Waals surface area contributed by atoms with Crippen molar-refractivity contribution in [1.82, 2.24) is 5.01 Å². The lowest BCUT2D eigenvalue weighted by Crippen LogP contribution is -2.29. The van der Waals surface area contributed by atoms with Crippen LogP contribution in [0.25, 0.3) is 0 Å². The van der Waals surface area contributed by atoms with E-state index in [9.17, 15) is 9.59 Å². The highest BCUT2D eigenvalue weighted by atomic mass is 32.2. The molecule has 0 spiro atoms. The van der Waals surface area contributed by atoms with Crippen molar-refractivity contribution in [3.8, 4) is 11.5 Å². The van der Waals surface area contributed by atoms with E-state index in [0.717, 1.165) is 16.2 Å². The van der Waals surface area contributed by atoms with Crippen molar-refractivity contribution in [3.63, 3.8) is 0 Å². The van der Waals surface area contributed by atoms with E-state index in [2.05, 4.69) is 5.10 Å². The van der Waals surface area contributed by atoms with Gasteiger partial charge in [-0.2, -0.15) is 5.10 Å². The van der Waals surface area contributed by atoms with Gasteiger partial charge in [0, 0.05) is 12.0 Å². The number of thioether (sulfide) groups is 1. The standard InChI is InChI=1S/C21H24N2O5S2/c1-4-28-20(25)13-29-12-19(24)23-16(11-15(22-23)18-9-6-10-30-18)14-7-5-8-17(26-2)21(14)27-3/h5-10,16H,4,11-13H2,1-3H3/t16-/m0/s1. The molecule has 1 atom stereocenters. The molecule has 30 heavy (non-hydrogen) atoms. The molecule has 0 fully saturated rings. The summed E-state index contributed by atoms with van der Waals surface area (Å²) in [6.07, 6.45) is 0.568. The monoisotopic (exact) mass is 448 g/mol. The Balaban J connectivity index is 1.85. The quantitative estimate of drug-likeness (QED) is 0.544. The van der Waals surface area contributed by atoms with Gasteiger partial charge in [-0.15, -0.1) is 23.1 Å². The average molecular weight is 449 g/mol. The number of ether oxygens (including phenoxy) is 3. The second kappa shape index (κ2) is 10.5. The molecule has 0 radical (unpaired) electrons. The summed E-state index contributed by atoms with van der Waals surface area (Å²) < 4.78 is 15.9. The molecule has 1 aromatic heterocycles. The van der Waals surface area contributed by atoms with Crippen molar-refractivity contribution in [2.45, 2.75) is 19.4 Å². The highest BCUT2D eigenvalue weighted by Gasteiger charge is 2.35. The first kappa shape index (κ1) is 22.2. The van der Waals surface area contributed by atoms with E-state index in [4.69, 9.17) is 14.2 Å². The van der Waals surface area contributed by atoms with Crippen molar-refractivity contribution < 1.29 is 23.8 Å². The Morgan fingerprint density at radius 3 is 2.70 bits per heavy atom. The summed E-state index contributed by atoms with van der Waals surface area (Å²) in [6.45, 7) is 2.08. The molecule has 1 aliphatic rings. The number of carbonyl (C=O) groups excluding carboxylic acids is 2. The zero-order valence-electron chi connectivity index (χ0n) is 17.1. The van der Waals surface area contributed by atoms with Gasteiger partial charge in [0.05, 0.1) is 49.0 Å². The van der Waals surface area contributed by atoms with E-state index in [0.29, 0.717) is 24.5 Å². The SMILES string of the molecule is CCOC(=O)CSCC(=O)N1N=C(c2cccs2)C[C@H]1c1cccc(OC)c1OC. The number of esters is 1. The van der Waals surface area contributed by atoms with Crippen LogP contribution in [0.15, 0.2) is 40.8 Å². The van der Waals surface area contributed by atoms with Crippen LogP contribution in [0.2, 0.25) is 0 Å². The van der Waals surface area contributed by atoms with Crippen LogP contribution in [-0.2, 0) is 14.3 Å². The normalized spacial score (nSPS) is 15.6. The van der Waals surface area contributed by atoms with Crippen LogP contribution in [0.3, 0.4) is 0 Å². The van der Waals surface area contributed by atoms with Gasteiger partial charge >= 0.3 is 5.97 Å². The Morgan fingerprint density at radius 1 is 1.20 bits per heavy atom. The summed E-state index contributed by atoms with van der Waals surface area (Å²) in [6, 6.07) is 9.25. The molecule has 1 amide bonds. The average Bonchev–Trinajstić information content (AvgIpc) is 3.43. The van der Waals surface area contributed by atoms with Gasteiger partial charge in [-0.1, -0.05) is 18.2 Å². The summed E-state index contributed by atoms with van der Waals surface area (Å²) >= 11 is 2.81. The van der Waals surface area contributed by atoms with Crippen molar-refractivity contribution in [3.05, 3.63) is 46.2 Å². The number of benzene rings is 1. The lowest BCUT2D eigenvalue weighted by molar-refractivity contribution is -0.139. The molecule has 0 aliphatic carbocycles. The van der Waals surface area contributed by atoms with Crippen LogP contribution in [0.5, 0.6) is 11.5 Å². The number of hydrazone groups is 1. The fourth-order valence-corrected chi connectivity index (χ4v) is 4.62. The van der Waals surface area contributed by atoms with Crippen molar-refractivity contribution >= 4 is 40.7 Å². The Kier molecular flexibility index (Phi) is 7.75. The molecule has 2 heterocycles. The van der Waals surface area contributed by atoms with Crippen LogP contribution >= 0.6 is 23.1 Å². The Bertz CT molecular complexity index is 914. The van der Waals surface area contributed by atoms with Gasteiger partial charge in [0.1, 0.15) is 0 Å². The van der Waals surface area contributed by atoms with E-state index >= 15 is 0 Å². The second-order valence-electron chi connectivity index (χ2n) is 6.36. The predicted octanol–water partition coefficient (Wildman–Crippen LogP) is 3.74. The van der Waals surface area contributed by atoms with Gasteiger partial charge in [0.2, 0.25) is 0 Å². The predicted molar refractivity (Wildman–Crippen MR) is 119 cm³/mol. The number of hydrogen-bond donors (Lipinski definition) is 0. The molecule has 9 heteroatoms. The fraction of sp³-hybridized carbons (Fsp3) is 0.381. The number of amides is 1. The number of para-hydroxylation sites is 1. The third-order valence-corrected chi connectivity index (χ3v) is 6.32. The minimum absolute atomic E-state index is 0.127. The van der Waals surface area contributed by atoms with E-state index in [1.807, 2.05) is 35.7 Å². The summed E-state index contributed by atoms with van der Waals surface area (Å²) in [5, 5.41) is 8.13. The molecule has 7 nitrogen and oxygen atoms in total. The molecule has 0 saturated heterocycles. The van der Waals surface area contributed by atoms with Gasteiger partial charge in [-0.25, -0.2) is 5.01 Å². The van der Waals surface area contributed by atoms with Gasteiger partial charge in [-0.3, -0.25) is 9.59 Å². The number of rotatable bonds is 9. The number of methoxy groups -OCH3 is 2. The molecule has 160 valence electrons. The Hall–Kier alpha value is -2.52. The maximum atomic E-state index is 13.0. The van der Waals surface area contributed by atoms with Gasteiger partial charge < -0.3 is 14.2 Å². The molecule has 0 bridgehead atoms. The van der Waals surface area contributed by atoms with E-state index in [1.54, 1.807) is 32.5 Å². The molecule has 2 aromatic rings. The maximum absolute atomic E-state index is 13.0. The summed E-state index contributed by atoms with van der Waals surface area (Å²) in [5.74, 6) is 0.940. The molecule has 3 rings (SSSR count). The lowest BCUT2D eigenvalue weighted by Gasteiger charge is -2.24. The van der Waals surface area contributed by atoms with Crippen LogP contribution in [0.1, 0.15) is 29.8 Å². The minimum atomic E-state index is -0.328. The van der Waals surface area contributed by atoms with Gasteiger partial charge in [-0.05, 0) is 24.4 Å². The third kappa shape index (κ3) is 4.96. The molecule has 1 aromatic carbocycles. The number of hydrogen-bond acceptors (Lipinski definition) is 8. The van der Waals surface area contributed by atoms with Crippen LogP contribution in [0.4, 0.5) is 0 Å². The molecular formula is C21H24N2O5S2. The van der Waals surface area contributed by atoms with Crippen molar-refractivity contribution in [2.24, 2.45) is 5.10 Å². The van der Waals surface area contributed by atoms with E-state index in [1.165, 1.54) is 16.8 Å². The Morgan fingerprint density at radius 2 is 2.03 bits per heavy atom. The lowest BCUT2D eigenvalue weighted by atomic mass is 9.99. The molecule has 0 saturated carbocycles. The highest BCUT2D eigenvalue weighted by molar-refractivity contribution is 8.00. The van der Waals surface area contributed by atoms with Gasteiger partial charge in [0.15, 0.2) is 11.5 Å². The summed E-state index contributed by atoms with van der Waals surface area (Å²) in [5.41, 5.74) is 1.68. The Labute approximate surface area is 184 Å². The largest absolute Gasteiger partial charge is 0.493 e. The van der Waals surface area contributed by atoms with Crippen LogP contribution in [0, 0.1) is 0 Å². The van der Waals surface area contributed by atoms with Crippen LogP contribution < -0.4 is 9.47 Å². The zero-order chi connectivity index (χ0) is 21.5. The topological polar surface area (TPSA) is 77.4 Å². The first-order valence-corrected chi connectivity index (χ1v) is 11.5. The molecule has 0 unspecified atom stereocenters. The smallest absolute Gasteiger partial charge is 0.315 e. The van der Waals surface area contributed by atoms with Gasteiger partial charge in [0.25, 0.3) is 5.91 Å². The van der Waals surface area contributed by atoms with Crippen molar-refractivity contribution in [2.75, 3.05) is 32.3 Å². The van der Waals surface area contributed by atoms with E-state index < -0.39 is 0 Å². The first-order chi connectivity index (χ1) is 14.6. The highest BCUT2D eigenvalue weighted by Crippen LogP contribution is 2.42. The third-order valence-electron chi connectivity index (χ3n) is 4.51. The fourth-order valence-electron chi connectivity index (χ4n) is 3.24. The van der Waals surface area contributed by atoms with E-state index in [-0.39, 0.29) is 29.4 Å². The molecule has 1 aliphatic heterocycles. The first-order valence-electron chi connectivity index (χ1n) is 9.46. The minimum Gasteiger partial charge on any atom is -0.493 e. The number of thiophene rings is 1.